The summed E-state index contributed by atoms with van der Waals surface area (Å²) in [5.74, 6) is 1.25. The number of aromatic nitrogens is 2. The largest absolute Gasteiger partial charge is 0.394 e. The standard InChI is InChI=1S/C23H28N4O3S2/c1-15-10-16(2)22(17(3)11-15)32(29,30)27-21-12-20(24-18(4)13-28)25-23(26-21)31-14-19-8-6-5-7-9-19/h5-12,18,28H,13-14H2,1-4H3,(H2,24,25,26,27). The predicted molar refractivity (Wildman–Crippen MR) is 130 cm³/mol. The summed E-state index contributed by atoms with van der Waals surface area (Å²) in [6.07, 6.45) is 0. The van der Waals surface area contributed by atoms with Crippen molar-refractivity contribution >= 4 is 33.4 Å². The summed E-state index contributed by atoms with van der Waals surface area (Å²) in [5.41, 5.74) is 3.46. The van der Waals surface area contributed by atoms with Gasteiger partial charge in [0.25, 0.3) is 10.0 Å². The molecule has 0 aliphatic rings. The van der Waals surface area contributed by atoms with E-state index in [1.807, 2.05) is 56.3 Å². The van der Waals surface area contributed by atoms with E-state index in [9.17, 15) is 13.5 Å². The molecule has 3 N–H and O–H groups in total. The molecule has 32 heavy (non-hydrogen) atoms. The van der Waals surface area contributed by atoms with Crippen molar-refractivity contribution in [3.8, 4) is 0 Å². The van der Waals surface area contributed by atoms with Gasteiger partial charge in [-0.3, -0.25) is 4.72 Å². The van der Waals surface area contributed by atoms with Gasteiger partial charge in [-0.1, -0.05) is 59.8 Å². The molecule has 0 aliphatic heterocycles. The molecule has 7 nitrogen and oxygen atoms in total. The number of benzene rings is 2. The average molecular weight is 473 g/mol. The van der Waals surface area contributed by atoms with Crippen LogP contribution in [-0.4, -0.2) is 36.1 Å². The molecular formula is C23H28N4O3S2. The summed E-state index contributed by atoms with van der Waals surface area (Å²) in [6.45, 7) is 7.23. The van der Waals surface area contributed by atoms with E-state index in [4.69, 9.17) is 0 Å². The first kappa shape index (κ1) is 24.0. The van der Waals surface area contributed by atoms with Crippen LogP contribution < -0.4 is 10.0 Å². The molecule has 2 aromatic carbocycles. The highest BCUT2D eigenvalue weighted by Gasteiger charge is 2.21. The molecule has 3 aromatic rings. The first-order chi connectivity index (χ1) is 15.2. The Morgan fingerprint density at radius 3 is 2.25 bits per heavy atom. The van der Waals surface area contributed by atoms with Crippen LogP contribution in [0.2, 0.25) is 0 Å². The van der Waals surface area contributed by atoms with E-state index in [0.717, 1.165) is 11.1 Å². The summed E-state index contributed by atoms with van der Waals surface area (Å²) >= 11 is 1.41. The minimum Gasteiger partial charge on any atom is -0.394 e. The van der Waals surface area contributed by atoms with E-state index < -0.39 is 10.0 Å². The van der Waals surface area contributed by atoms with Gasteiger partial charge in [-0.2, -0.15) is 0 Å². The van der Waals surface area contributed by atoms with Gasteiger partial charge < -0.3 is 10.4 Å². The number of rotatable bonds is 9. The Labute approximate surface area is 193 Å². The second kappa shape index (κ2) is 10.3. The van der Waals surface area contributed by atoms with Gasteiger partial charge >= 0.3 is 0 Å². The van der Waals surface area contributed by atoms with E-state index >= 15 is 0 Å². The third-order valence-corrected chi connectivity index (χ3v) is 7.27. The van der Waals surface area contributed by atoms with Gasteiger partial charge in [-0.05, 0) is 44.4 Å². The Morgan fingerprint density at radius 2 is 1.62 bits per heavy atom. The summed E-state index contributed by atoms with van der Waals surface area (Å²) in [4.78, 5) is 9.16. The topological polar surface area (TPSA) is 104 Å². The average Bonchev–Trinajstić information content (AvgIpc) is 2.71. The second-order valence-corrected chi connectivity index (χ2v) is 10.3. The zero-order chi connectivity index (χ0) is 23.3. The number of thioether (sulfide) groups is 1. The summed E-state index contributed by atoms with van der Waals surface area (Å²) in [5, 5.41) is 12.9. The molecule has 0 bridgehead atoms. The van der Waals surface area contributed by atoms with Crippen molar-refractivity contribution in [2.75, 3.05) is 16.6 Å². The second-order valence-electron chi connectivity index (χ2n) is 7.76. The number of hydrogen-bond acceptors (Lipinski definition) is 7. The fourth-order valence-corrected chi connectivity index (χ4v) is 5.68. The molecule has 0 spiro atoms. The van der Waals surface area contributed by atoms with Crippen LogP contribution >= 0.6 is 11.8 Å². The Balaban J connectivity index is 1.92. The quantitative estimate of drug-likeness (QED) is 0.315. The fraction of sp³-hybridized carbons (Fsp3) is 0.304. The monoisotopic (exact) mass is 472 g/mol. The van der Waals surface area contributed by atoms with Crippen LogP contribution in [0.4, 0.5) is 11.6 Å². The van der Waals surface area contributed by atoms with Crippen LogP contribution in [0.3, 0.4) is 0 Å². The van der Waals surface area contributed by atoms with Crippen LogP contribution in [0.1, 0.15) is 29.2 Å². The Hall–Kier alpha value is -2.62. The lowest BCUT2D eigenvalue weighted by molar-refractivity contribution is 0.281. The van der Waals surface area contributed by atoms with Gasteiger partial charge in [0.15, 0.2) is 5.16 Å². The highest BCUT2D eigenvalue weighted by atomic mass is 32.2. The molecule has 0 radical (unpaired) electrons. The van der Waals surface area contributed by atoms with Gasteiger partial charge in [0.05, 0.1) is 11.5 Å². The first-order valence-corrected chi connectivity index (χ1v) is 12.7. The molecule has 0 saturated heterocycles. The van der Waals surface area contributed by atoms with Crippen molar-refractivity contribution in [3.63, 3.8) is 0 Å². The van der Waals surface area contributed by atoms with Gasteiger partial charge in [0, 0.05) is 17.9 Å². The number of hydrogen-bond donors (Lipinski definition) is 3. The zero-order valence-electron chi connectivity index (χ0n) is 18.6. The molecule has 9 heteroatoms. The normalized spacial score (nSPS) is 12.4. The molecule has 1 heterocycles. The van der Waals surface area contributed by atoms with Crippen molar-refractivity contribution in [1.82, 2.24) is 9.97 Å². The van der Waals surface area contributed by atoms with Gasteiger partial charge in [0.2, 0.25) is 0 Å². The minimum absolute atomic E-state index is 0.0840. The van der Waals surface area contributed by atoms with E-state index in [1.54, 1.807) is 13.8 Å². The van der Waals surface area contributed by atoms with Crippen molar-refractivity contribution < 1.29 is 13.5 Å². The van der Waals surface area contributed by atoms with Gasteiger partial charge in [-0.25, -0.2) is 18.4 Å². The lowest BCUT2D eigenvalue weighted by atomic mass is 10.1. The maximum absolute atomic E-state index is 13.2. The zero-order valence-corrected chi connectivity index (χ0v) is 20.2. The van der Waals surface area contributed by atoms with Crippen molar-refractivity contribution in [2.45, 2.75) is 49.5 Å². The smallest absolute Gasteiger partial charge is 0.263 e. The predicted octanol–water partition coefficient (Wildman–Crippen LogP) is 4.29. The van der Waals surface area contributed by atoms with E-state index in [-0.39, 0.29) is 23.4 Å². The Kier molecular flexibility index (Phi) is 7.76. The highest BCUT2D eigenvalue weighted by molar-refractivity contribution is 7.98. The molecule has 0 fully saturated rings. The Bertz CT molecular complexity index is 1160. The molecule has 1 aromatic heterocycles. The van der Waals surface area contributed by atoms with Crippen LogP contribution in [0, 0.1) is 20.8 Å². The third-order valence-electron chi connectivity index (χ3n) is 4.70. The number of aryl methyl sites for hydroxylation is 3. The van der Waals surface area contributed by atoms with Gasteiger partial charge in [-0.15, -0.1) is 0 Å². The lowest BCUT2D eigenvalue weighted by Crippen LogP contribution is -2.21. The highest BCUT2D eigenvalue weighted by Crippen LogP contribution is 2.27. The number of anilines is 2. The molecule has 170 valence electrons. The van der Waals surface area contributed by atoms with Crippen LogP contribution in [0.25, 0.3) is 0 Å². The van der Waals surface area contributed by atoms with Crippen LogP contribution in [0.15, 0.2) is 58.6 Å². The summed E-state index contributed by atoms with van der Waals surface area (Å²) in [7, 11) is -3.85. The Morgan fingerprint density at radius 1 is 1.00 bits per heavy atom. The maximum atomic E-state index is 13.2. The number of nitrogens with one attached hydrogen (secondary N) is 2. The van der Waals surface area contributed by atoms with Crippen molar-refractivity contribution in [2.24, 2.45) is 0 Å². The lowest BCUT2D eigenvalue weighted by Gasteiger charge is -2.16. The third kappa shape index (κ3) is 6.21. The molecule has 3 rings (SSSR count). The van der Waals surface area contributed by atoms with Crippen molar-refractivity contribution in [3.05, 3.63) is 70.8 Å². The summed E-state index contributed by atoms with van der Waals surface area (Å²) in [6, 6.07) is 14.9. The van der Waals surface area contributed by atoms with E-state index in [2.05, 4.69) is 20.0 Å². The van der Waals surface area contributed by atoms with Gasteiger partial charge in [0.1, 0.15) is 11.6 Å². The van der Waals surface area contributed by atoms with Crippen LogP contribution in [-0.2, 0) is 15.8 Å². The van der Waals surface area contributed by atoms with Crippen LogP contribution in [0.5, 0.6) is 0 Å². The molecule has 0 saturated carbocycles. The molecular weight excluding hydrogens is 444 g/mol. The van der Waals surface area contributed by atoms with E-state index in [0.29, 0.717) is 27.9 Å². The number of nitrogens with zero attached hydrogens (tertiary/aromatic N) is 2. The number of sulfonamides is 1. The van der Waals surface area contributed by atoms with Crippen molar-refractivity contribution in [1.29, 1.82) is 0 Å². The molecule has 0 aliphatic carbocycles. The molecule has 0 amide bonds. The summed E-state index contributed by atoms with van der Waals surface area (Å²) < 4.78 is 29.0. The number of aliphatic hydroxyl groups is 1. The molecule has 1 atom stereocenters. The first-order valence-electron chi connectivity index (χ1n) is 10.2. The SMILES string of the molecule is Cc1cc(C)c(S(=O)(=O)Nc2cc(NC(C)CO)nc(SCc3ccccc3)n2)c(C)c1. The maximum Gasteiger partial charge on any atom is 0.263 e. The minimum atomic E-state index is -3.85. The fourth-order valence-electron chi connectivity index (χ4n) is 3.42. The molecule has 1 unspecified atom stereocenters. The number of aliphatic hydroxyl groups excluding tert-OH is 1. The van der Waals surface area contributed by atoms with E-state index in [1.165, 1.54) is 17.8 Å².